The van der Waals surface area contributed by atoms with Gasteiger partial charge >= 0.3 is 0 Å². The molecular formula is C22H24N8O. The number of anilines is 3. The lowest BCUT2D eigenvalue weighted by molar-refractivity contribution is 0.122. The van der Waals surface area contributed by atoms with Crippen molar-refractivity contribution >= 4 is 28.6 Å². The Balaban J connectivity index is 1.38. The molecule has 0 spiro atoms. The number of hydrogen-bond acceptors (Lipinski definition) is 8. The van der Waals surface area contributed by atoms with Crippen LogP contribution in [0.5, 0.6) is 0 Å². The number of H-pyrrole nitrogens is 1. The number of fused-ring (bicyclic) bond motifs is 1. The van der Waals surface area contributed by atoms with Gasteiger partial charge in [0.05, 0.1) is 18.9 Å². The van der Waals surface area contributed by atoms with E-state index < -0.39 is 0 Å². The van der Waals surface area contributed by atoms with Crippen molar-refractivity contribution in [3.63, 3.8) is 0 Å². The van der Waals surface area contributed by atoms with E-state index in [0.717, 1.165) is 48.6 Å². The van der Waals surface area contributed by atoms with Gasteiger partial charge in [0.25, 0.3) is 0 Å². The maximum absolute atomic E-state index is 5.64. The standard InChI is InChI=1S/C22H24N8O/c23-21-26-13-16(14-27-21)19-11-20(29-22(28-19)30-7-9-31-10-8-30)24-6-5-15-12-25-18-4-2-1-3-17(15)18/h1-4,11-14,25H,5-10H2,(H2,23,26,27)(H,24,28,29). The lowest BCUT2D eigenvalue weighted by Gasteiger charge is -2.27. The van der Waals surface area contributed by atoms with Gasteiger partial charge in [0.1, 0.15) is 5.82 Å². The maximum atomic E-state index is 5.64. The molecule has 0 amide bonds. The fraction of sp³-hybridized carbons (Fsp3) is 0.273. The van der Waals surface area contributed by atoms with Crippen LogP contribution in [0.3, 0.4) is 0 Å². The SMILES string of the molecule is Nc1ncc(-c2cc(NCCc3c[nH]c4ccccc34)nc(N3CCOCC3)n2)cn1. The summed E-state index contributed by atoms with van der Waals surface area (Å²) >= 11 is 0. The van der Waals surface area contributed by atoms with E-state index in [2.05, 4.69) is 49.6 Å². The Bertz CT molecular complexity index is 1170. The third-order valence-electron chi connectivity index (χ3n) is 5.35. The van der Waals surface area contributed by atoms with Crippen molar-refractivity contribution in [2.24, 2.45) is 0 Å². The highest BCUT2D eigenvalue weighted by Gasteiger charge is 2.17. The Morgan fingerprint density at radius 1 is 1.10 bits per heavy atom. The lowest BCUT2D eigenvalue weighted by Crippen LogP contribution is -2.37. The molecule has 4 heterocycles. The average molecular weight is 416 g/mol. The molecule has 0 unspecified atom stereocenters. The van der Waals surface area contributed by atoms with Gasteiger partial charge in [0.15, 0.2) is 0 Å². The van der Waals surface area contributed by atoms with Crippen LogP contribution >= 0.6 is 0 Å². The van der Waals surface area contributed by atoms with Crippen LogP contribution in [0.25, 0.3) is 22.2 Å². The van der Waals surface area contributed by atoms with Gasteiger partial charge in [-0.1, -0.05) is 18.2 Å². The second-order valence-electron chi connectivity index (χ2n) is 7.40. The molecule has 1 aliphatic rings. The Kier molecular flexibility index (Phi) is 5.32. The Morgan fingerprint density at radius 3 is 2.74 bits per heavy atom. The van der Waals surface area contributed by atoms with Crippen molar-refractivity contribution in [3.05, 3.63) is 54.5 Å². The Morgan fingerprint density at radius 2 is 1.90 bits per heavy atom. The minimum absolute atomic E-state index is 0.239. The fourth-order valence-electron chi connectivity index (χ4n) is 3.71. The first kappa shape index (κ1) is 19.3. The fourth-order valence-corrected chi connectivity index (χ4v) is 3.71. The Labute approximate surface area is 179 Å². The first-order valence-corrected chi connectivity index (χ1v) is 10.3. The van der Waals surface area contributed by atoms with E-state index in [4.69, 9.17) is 20.4 Å². The van der Waals surface area contributed by atoms with Crippen LogP contribution in [0.1, 0.15) is 5.56 Å². The molecule has 31 heavy (non-hydrogen) atoms. The monoisotopic (exact) mass is 416 g/mol. The summed E-state index contributed by atoms with van der Waals surface area (Å²) < 4.78 is 5.47. The predicted molar refractivity (Wildman–Crippen MR) is 121 cm³/mol. The van der Waals surface area contributed by atoms with E-state index in [0.29, 0.717) is 19.2 Å². The van der Waals surface area contributed by atoms with E-state index in [1.54, 1.807) is 12.4 Å². The van der Waals surface area contributed by atoms with Gasteiger partial charge in [-0.3, -0.25) is 0 Å². The van der Waals surface area contributed by atoms with Crippen LogP contribution in [0.4, 0.5) is 17.7 Å². The van der Waals surface area contributed by atoms with E-state index in [9.17, 15) is 0 Å². The topological polar surface area (TPSA) is 118 Å². The smallest absolute Gasteiger partial charge is 0.228 e. The number of ether oxygens (including phenoxy) is 1. The molecule has 5 rings (SSSR count). The van der Waals surface area contributed by atoms with Gasteiger partial charge in [0, 0.05) is 60.8 Å². The average Bonchev–Trinajstić information content (AvgIpc) is 3.23. The number of nitrogen functional groups attached to an aromatic ring is 1. The van der Waals surface area contributed by atoms with Crippen molar-refractivity contribution in [3.8, 4) is 11.3 Å². The molecular weight excluding hydrogens is 392 g/mol. The largest absolute Gasteiger partial charge is 0.378 e. The first-order valence-electron chi connectivity index (χ1n) is 10.3. The third-order valence-corrected chi connectivity index (χ3v) is 5.35. The van der Waals surface area contributed by atoms with Gasteiger partial charge in [-0.2, -0.15) is 4.98 Å². The number of hydrogen-bond donors (Lipinski definition) is 3. The van der Waals surface area contributed by atoms with Crippen molar-refractivity contribution < 1.29 is 4.74 Å². The minimum Gasteiger partial charge on any atom is -0.378 e. The summed E-state index contributed by atoms with van der Waals surface area (Å²) in [7, 11) is 0. The summed E-state index contributed by atoms with van der Waals surface area (Å²) in [5.41, 5.74) is 9.62. The zero-order valence-corrected chi connectivity index (χ0v) is 17.1. The summed E-state index contributed by atoms with van der Waals surface area (Å²) in [6.45, 7) is 3.61. The summed E-state index contributed by atoms with van der Waals surface area (Å²) in [6, 6.07) is 10.3. The quantitative estimate of drug-likeness (QED) is 0.439. The summed E-state index contributed by atoms with van der Waals surface area (Å²) in [6.07, 6.45) is 6.32. The molecule has 0 bridgehead atoms. The lowest BCUT2D eigenvalue weighted by atomic mass is 10.1. The van der Waals surface area contributed by atoms with E-state index in [1.807, 2.05) is 12.1 Å². The highest BCUT2D eigenvalue weighted by atomic mass is 16.5. The van der Waals surface area contributed by atoms with Crippen LogP contribution in [-0.4, -0.2) is 57.8 Å². The van der Waals surface area contributed by atoms with Crippen LogP contribution in [0.2, 0.25) is 0 Å². The second kappa shape index (κ2) is 8.57. The van der Waals surface area contributed by atoms with E-state index in [-0.39, 0.29) is 5.95 Å². The molecule has 0 saturated carbocycles. The van der Waals surface area contributed by atoms with Crippen molar-refractivity contribution in [1.82, 2.24) is 24.9 Å². The molecule has 1 saturated heterocycles. The maximum Gasteiger partial charge on any atom is 0.228 e. The van der Waals surface area contributed by atoms with Gasteiger partial charge in [-0.25, -0.2) is 15.0 Å². The molecule has 0 radical (unpaired) electrons. The molecule has 0 atom stereocenters. The highest BCUT2D eigenvalue weighted by Crippen LogP contribution is 2.23. The number of aromatic amines is 1. The van der Waals surface area contributed by atoms with Gasteiger partial charge in [0.2, 0.25) is 11.9 Å². The molecule has 0 aliphatic carbocycles. The molecule has 3 aromatic heterocycles. The van der Waals surface area contributed by atoms with E-state index >= 15 is 0 Å². The first-order chi connectivity index (χ1) is 15.3. The zero-order chi connectivity index (χ0) is 21.0. The van der Waals surface area contributed by atoms with Gasteiger partial charge in [-0.15, -0.1) is 0 Å². The molecule has 1 aromatic carbocycles. The van der Waals surface area contributed by atoms with Crippen molar-refractivity contribution in [2.45, 2.75) is 6.42 Å². The van der Waals surface area contributed by atoms with Gasteiger partial charge < -0.3 is 25.7 Å². The molecule has 4 aromatic rings. The van der Waals surface area contributed by atoms with Crippen LogP contribution in [0, 0.1) is 0 Å². The number of nitrogens with zero attached hydrogens (tertiary/aromatic N) is 5. The molecule has 4 N–H and O–H groups in total. The van der Waals surface area contributed by atoms with Gasteiger partial charge in [-0.05, 0) is 18.1 Å². The number of nitrogens with two attached hydrogens (primary N) is 1. The zero-order valence-electron chi connectivity index (χ0n) is 17.1. The number of para-hydroxylation sites is 1. The highest BCUT2D eigenvalue weighted by molar-refractivity contribution is 5.83. The minimum atomic E-state index is 0.239. The third kappa shape index (κ3) is 4.26. The molecule has 9 nitrogen and oxygen atoms in total. The van der Waals surface area contributed by atoms with E-state index in [1.165, 1.54) is 10.9 Å². The predicted octanol–water partition coefficient (Wildman–Crippen LogP) is 2.49. The normalized spacial score (nSPS) is 14.1. The second-order valence-corrected chi connectivity index (χ2v) is 7.40. The molecule has 158 valence electrons. The van der Waals surface area contributed by atoms with Crippen LogP contribution < -0.4 is 16.0 Å². The van der Waals surface area contributed by atoms with Crippen molar-refractivity contribution in [1.29, 1.82) is 0 Å². The summed E-state index contributed by atoms with van der Waals surface area (Å²) in [5, 5.41) is 4.71. The summed E-state index contributed by atoms with van der Waals surface area (Å²) in [4.78, 5) is 23.2. The van der Waals surface area contributed by atoms with Crippen molar-refractivity contribution in [2.75, 3.05) is 48.8 Å². The number of morpholine rings is 1. The Hall–Kier alpha value is -3.72. The molecule has 1 aliphatic heterocycles. The van der Waals surface area contributed by atoms with Crippen LogP contribution in [0.15, 0.2) is 48.9 Å². The molecule has 9 heteroatoms. The molecule has 1 fully saturated rings. The number of nitrogens with one attached hydrogen (secondary N) is 2. The van der Waals surface area contributed by atoms with Crippen LogP contribution in [-0.2, 0) is 11.2 Å². The summed E-state index contributed by atoms with van der Waals surface area (Å²) in [5.74, 6) is 1.68. The number of rotatable bonds is 6. The number of aromatic nitrogens is 5. The number of benzene rings is 1.